The van der Waals surface area contributed by atoms with Crippen LogP contribution in [0.2, 0.25) is 5.02 Å². The summed E-state index contributed by atoms with van der Waals surface area (Å²) < 4.78 is 7.21. The molecular formula is C17H27ClN4O2. The number of nitrogens with zero attached hydrogens (tertiary/aromatic N) is 3. The zero-order chi connectivity index (χ0) is 16.8. The van der Waals surface area contributed by atoms with Crippen LogP contribution in [0.5, 0.6) is 0 Å². The molecule has 6 nitrogen and oxygen atoms in total. The molecule has 1 N–H and O–H groups in total. The zero-order valence-corrected chi connectivity index (χ0v) is 14.9. The highest BCUT2D eigenvalue weighted by atomic mass is 35.5. The number of carbonyl (C=O) groups is 1. The van der Waals surface area contributed by atoms with Crippen molar-refractivity contribution in [2.45, 2.75) is 32.2 Å². The Labute approximate surface area is 148 Å². The second-order valence-electron chi connectivity index (χ2n) is 6.86. The molecule has 2 saturated heterocycles. The van der Waals surface area contributed by atoms with Crippen LogP contribution < -0.4 is 5.32 Å². The Bertz CT molecular complexity index is 530. The van der Waals surface area contributed by atoms with E-state index in [0.29, 0.717) is 24.2 Å². The van der Waals surface area contributed by atoms with Crippen molar-refractivity contribution in [3.8, 4) is 0 Å². The van der Waals surface area contributed by atoms with Crippen molar-refractivity contribution in [2.24, 2.45) is 11.8 Å². The van der Waals surface area contributed by atoms with Crippen molar-refractivity contribution in [1.29, 1.82) is 0 Å². The maximum atomic E-state index is 12.2. The Morgan fingerprint density at radius 1 is 1.33 bits per heavy atom. The van der Waals surface area contributed by atoms with E-state index < -0.39 is 0 Å². The van der Waals surface area contributed by atoms with Gasteiger partial charge in [0.2, 0.25) is 5.91 Å². The van der Waals surface area contributed by atoms with Gasteiger partial charge in [-0.1, -0.05) is 11.6 Å². The smallest absolute Gasteiger partial charge is 0.223 e. The first kappa shape index (κ1) is 17.7. The fourth-order valence-corrected chi connectivity index (χ4v) is 3.73. The number of carbonyl (C=O) groups excluding carboxylic acids is 1. The molecule has 134 valence electrons. The fraction of sp³-hybridized carbons (Fsp3) is 0.765. The van der Waals surface area contributed by atoms with Gasteiger partial charge in [0, 0.05) is 45.0 Å². The normalized spacial score (nSPS) is 23.3. The fourth-order valence-electron chi connectivity index (χ4n) is 3.57. The van der Waals surface area contributed by atoms with Gasteiger partial charge in [0.25, 0.3) is 0 Å². The van der Waals surface area contributed by atoms with Crippen molar-refractivity contribution < 1.29 is 9.53 Å². The van der Waals surface area contributed by atoms with E-state index in [-0.39, 0.29) is 11.8 Å². The zero-order valence-electron chi connectivity index (χ0n) is 14.1. The van der Waals surface area contributed by atoms with Crippen molar-refractivity contribution >= 4 is 17.5 Å². The van der Waals surface area contributed by atoms with E-state index in [2.05, 4.69) is 15.3 Å². The molecule has 7 heteroatoms. The topological polar surface area (TPSA) is 59.4 Å². The van der Waals surface area contributed by atoms with E-state index in [9.17, 15) is 4.79 Å². The SMILES string of the molecule is O=C(NCC1CCCN(CCn2cc(Cl)cn2)C1)C1CCOCC1. The Kier molecular flexibility index (Phi) is 6.51. The lowest BCUT2D eigenvalue weighted by molar-refractivity contribution is -0.128. The van der Waals surface area contributed by atoms with Gasteiger partial charge in [0.05, 0.1) is 17.8 Å². The van der Waals surface area contributed by atoms with E-state index in [1.165, 1.54) is 12.8 Å². The third-order valence-corrected chi connectivity index (χ3v) is 5.20. The summed E-state index contributed by atoms with van der Waals surface area (Å²) in [7, 11) is 0. The average Bonchev–Trinajstić information content (AvgIpc) is 3.04. The highest BCUT2D eigenvalue weighted by Crippen LogP contribution is 2.18. The van der Waals surface area contributed by atoms with E-state index in [4.69, 9.17) is 16.3 Å². The number of halogens is 1. The third kappa shape index (κ3) is 5.19. The van der Waals surface area contributed by atoms with Crippen LogP contribution in [0, 0.1) is 11.8 Å². The van der Waals surface area contributed by atoms with Gasteiger partial charge in [-0.05, 0) is 38.1 Å². The van der Waals surface area contributed by atoms with Crippen LogP contribution in [0.15, 0.2) is 12.4 Å². The van der Waals surface area contributed by atoms with Crippen LogP contribution in [-0.4, -0.2) is 60.0 Å². The quantitative estimate of drug-likeness (QED) is 0.846. The van der Waals surface area contributed by atoms with Crippen LogP contribution in [0.25, 0.3) is 0 Å². The van der Waals surface area contributed by atoms with Gasteiger partial charge in [0.1, 0.15) is 0 Å². The molecule has 0 bridgehead atoms. The van der Waals surface area contributed by atoms with E-state index in [0.717, 1.165) is 45.6 Å². The number of piperidine rings is 1. The number of hydrogen-bond donors (Lipinski definition) is 1. The Hall–Kier alpha value is -1.11. The van der Waals surface area contributed by atoms with Gasteiger partial charge in [-0.15, -0.1) is 0 Å². The lowest BCUT2D eigenvalue weighted by Gasteiger charge is -2.33. The predicted molar refractivity (Wildman–Crippen MR) is 93.0 cm³/mol. The summed E-state index contributed by atoms with van der Waals surface area (Å²) in [5.41, 5.74) is 0. The molecule has 1 aromatic heterocycles. The van der Waals surface area contributed by atoms with Crippen molar-refractivity contribution in [2.75, 3.05) is 39.4 Å². The molecule has 0 saturated carbocycles. The summed E-state index contributed by atoms with van der Waals surface area (Å²) in [6, 6.07) is 0. The Balaban J connectivity index is 1.37. The van der Waals surface area contributed by atoms with Crippen LogP contribution >= 0.6 is 11.6 Å². The number of likely N-dealkylation sites (tertiary alicyclic amines) is 1. The van der Waals surface area contributed by atoms with Gasteiger partial charge >= 0.3 is 0 Å². The molecule has 2 aliphatic rings. The standard InChI is InChI=1S/C17H27ClN4O2/c18-16-11-20-22(13-16)7-6-21-5-1-2-14(12-21)10-19-17(23)15-3-8-24-9-4-15/h11,13-15H,1-10,12H2,(H,19,23). The first-order valence-corrected chi connectivity index (χ1v) is 9.34. The van der Waals surface area contributed by atoms with Crippen LogP contribution in [0.3, 0.4) is 0 Å². The molecule has 1 unspecified atom stereocenters. The number of ether oxygens (including phenoxy) is 1. The second-order valence-corrected chi connectivity index (χ2v) is 7.30. The number of hydrogen-bond acceptors (Lipinski definition) is 4. The summed E-state index contributed by atoms with van der Waals surface area (Å²) >= 11 is 5.90. The maximum absolute atomic E-state index is 12.2. The second kappa shape index (κ2) is 8.83. The van der Waals surface area contributed by atoms with Crippen molar-refractivity contribution in [3.63, 3.8) is 0 Å². The largest absolute Gasteiger partial charge is 0.381 e. The molecule has 1 amide bonds. The summed E-state index contributed by atoms with van der Waals surface area (Å²) in [5.74, 6) is 0.897. The predicted octanol–water partition coefficient (Wildman–Crippen LogP) is 1.79. The highest BCUT2D eigenvalue weighted by molar-refractivity contribution is 6.30. The van der Waals surface area contributed by atoms with Crippen LogP contribution in [0.1, 0.15) is 25.7 Å². The van der Waals surface area contributed by atoms with Gasteiger partial charge in [-0.25, -0.2) is 0 Å². The molecule has 0 aliphatic carbocycles. The number of amides is 1. The number of rotatable bonds is 6. The third-order valence-electron chi connectivity index (χ3n) is 5.01. The molecule has 1 aromatic rings. The van der Waals surface area contributed by atoms with Gasteiger partial charge in [-0.2, -0.15) is 5.10 Å². The average molecular weight is 355 g/mol. The minimum Gasteiger partial charge on any atom is -0.381 e. The first-order valence-electron chi connectivity index (χ1n) is 8.96. The van der Waals surface area contributed by atoms with Gasteiger partial charge in [0.15, 0.2) is 0 Å². The Morgan fingerprint density at radius 2 is 2.17 bits per heavy atom. The molecule has 0 aromatic carbocycles. The van der Waals surface area contributed by atoms with Gasteiger partial charge < -0.3 is 15.0 Å². The lowest BCUT2D eigenvalue weighted by Crippen LogP contribution is -2.43. The molecule has 1 atom stereocenters. The molecule has 24 heavy (non-hydrogen) atoms. The number of aromatic nitrogens is 2. The molecule has 3 rings (SSSR count). The summed E-state index contributed by atoms with van der Waals surface area (Å²) in [5, 5.41) is 8.07. The molecular weight excluding hydrogens is 328 g/mol. The molecule has 2 fully saturated rings. The van der Waals surface area contributed by atoms with E-state index in [1.54, 1.807) is 6.20 Å². The first-order chi connectivity index (χ1) is 11.7. The summed E-state index contributed by atoms with van der Waals surface area (Å²) in [4.78, 5) is 14.7. The molecule has 0 spiro atoms. The van der Waals surface area contributed by atoms with Gasteiger partial charge in [-0.3, -0.25) is 9.48 Å². The molecule has 0 radical (unpaired) electrons. The lowest BCUT2D eigenvalue weighted by atomic mass is 9.96. The highest BCUT2D eigenvalue weighted by Gasteiger charge is 2.24. The van der Waals surface area contributed by atoms with E-state index >= 15 is 0 Å². The monoisotopic (exact) mass is 354 g/mol. The summed E-state index contributed by atoms with van der Waals surface area (Å²) in [6.07, 6.45) is 7.63. The van der Waals surface area contributed by atoms with Crippen molar-refractivity contribution in [1.82, 2.24) is 20.0 Å². The van der Waals surface area contributed by atoms with Crippen LogP contribution in [-0.2, 0) is 16.1 Å². The summed E-state index contributed by atoms with van der Waals surface area (Å²) in [6.45, 7) is 6.22. The molecule has 2 aliphatic heterocycles. The molecule has 3 heterocycles. The minimum absolute atomic E-state index is 0.142. The van der Waals surface area contributed by atoms with E-state index in [1.807, 2.05) is 10.9 Å². The van der Waals surface area contributed by atoms with Crippen LogP contribution in [0.4, 0.5) is 0 Å². The Morgan fingerprint density at radius 3 is 2.92 bits per heavy atom. The van der Waals surface area contributed by atoms with Crippen molar-refractivity contribution in [3.05, 3.63) is 17.4 Å². The maximum Gasteiger partial charge on any atom is 0.223 e. The minimum atomic E-state index is 0.142. The number of nitrogens with one attached hydrogen (secondary N) is 1.